The molecule has 2 atom stereocenters. The van der Waals surface area contributed by atoms with Gasteiger partial charge in [-0.1, -0.05) is 0 Å². The second kappa shape index (κ2) is 10.9. The third kappa shape index (κ3) is 6.37. The van der Waals surface area contributed by atoms with E-state index in [2.05, 4.69) is 9.97 Å². The molecule has 15 heteroatoms. The number of halogens is 6. The van der Waals surface area contributed by atoms with Crippen LogP contribution in [-0.2, 0) is 7.05 Å². The summed E-state index contributed by atoms with van der Waals surface area (Å²) in [5.74, 6) is 0.152. The standard InChI is InChI=1S/C23H26F6N6O3/c1-5-35(21(37)32-17(23(27,28)29)6-7-22(24,25)26)13(2)14-10-15(20(36)33(3)11-14)16-12-34-9-8-30-18(34)19(31-16)38-4/h8-13,17H,5-7H2,1-4H3,(H,32,37)/t13-,17?/m1/s1. The maximum absolute atomic E-state index is 13.4. The van der Waals surface area contributed by atoms with Gasteiger partial charge in [0, 0.05) is 44.8 Å². The predicted molar refractivity (Wildman–Crippen MR) is 125 cm³/mol. The van der Waals surface area contributed by atoms with Crippen LogP contribution in [0.2, 0.25) is 0 Å². The Bertz CT molecular complexity index is 1350. The number of nitrogens with one attached hydrogen (secondary N) is 1. The number of aromatic nitrogens is 4. The van der Waals surface area contributed by atoms with Crippen molar-refractivity contribution in [2.75, 3.05) is 13.7 Å². The van der Waals surface area contributed by atoms with Gasteiger partial charge in [-0.15, -0.1) is 0 Å². The summed E-state index contributed by atoms with van der Waals surface area (Å²) >= 11 is 0. The van der Waals surface area contributed by atoms with E-state index in [1.165, 1.54) is 51.0 Å². The number of aryl methyl sites for hydroxylation is 1. The zero-order valence-corrected chi connectivity index (χ0v) is 20.9. The number of amides is 2. The predicted octanol–water partition coefficient (Wildman–Crippen LogP) is 4.47. The van der Waals surface area contributed by atoms with E-state index in [1.807, 2.05) is 0 Å². The third-order valence-electron chi connectivity index (χ3n) is 5.98. The highest BCUT2D eigenvalue weighted by molar-refractivity contribution is 5.75. The van der Waals surface area contributed by atoms with Crippen LogP contribution in [0.15, 0.2) is 35.6 Å². The van der Waals surface area contributed by atoms with Gasteiger partial charge in [0.25, 0.3) is 11.4 Å². The van der Waals surface area contributed by atoms with Gasteiger partial charge in [0.2, 0.25) is 0 Å². The first-order valence-corrected chi connectivity index (χ1v) is 11.5. The van der Waals surface area contributed by atoms with Gasteiger partial charge >= 0.3 is 18.4 Å². The Hall–Kier alpha value is -3.78. The van der Waals surface area contributed by atoms with Crippen LogP contribution in [-0.4, -0.2) is 61.9 Å². The molecule has 0 aliphatic carbocycles. The van der Waals surface area contributed by atoms with Crippen LogP contribution in [0.25, 0.3) is 16.9 Å². The van der Waals surface area contributed by atoms with Gasteiger partial charge in [-0.2, -0.15) is 26.3 Å². The van der Waals surface area contributed by atoms with E-state index in [4.69, 9.17) is 4.74 Å². The number of fused-ring (bicyclic) bond motifs is 1. The number of methoxy groups -OCH3 is 1. The average Bonchev–Trinajstić information content (AvgIpc) is 3.30. The normalized spacial score (nSPS) is 13.8. The molecule has 2 amide bonds. The summed E-state index contributed by atoms with van der Waals surface area (Å²) in [4.78, 5) is 35.3. The zero-order chi connectivity index (χ0) is 28.4. The van der Waals surface area contributed by atoms with E-state index in [0.717, 1.165) is 4.90 Å². The van der Waals surface area contributed by atoms with Crippen LogP contribution in [0.4, 0.5) is 31.1 Å². The molecule has 38 heavy (non-hydrogen) atoms. The summed E-state index contributed by atoms with van der Waals surface area (Å²) in [6.45, 7) is 2.97. The van der Waals surface area contributed by atoms with E-state index in [0.29, 0.717) is 11.2 Å². The number of carbonyl (C=O) groups is 1. The molecule has 0 bridgehead atoms. The van der Waals surface area contributed by atoms with Gasteiger partial charge in [-0.3, -0.25) is 4.79 Å². The topological polar surface area (TPSA) is 93.8 Å². The number of hydrogen-bond donors (Lipinski definition) is 1. The lowest BCUT2D eigenvalue weighted by Gasteiger charge is -2.31. The molecule has 0 radical (unpaired) electrons. The van der Waals surface area contributed by atoms with Gasteiger partial charge in [-0.25, -0.2) is 14.8 Å². The highest BCUT2D eigenvalue weighted by Crippen LogP contribution is 2.30. The summed E-state index contributed by atoms with van der Waals surface area (Å²) in [6.07, 6.45) is -6.84. The minimum absolute atomic E-state index is 0.0674. The van der Waals surface area contributed by atoms with Crippen molar-refractivity contribution in [1.29, 1.82) is 0 Å². The number of imidazole rings is 1. The van der Waals surface area contributed by atoms with Crippen molar-refractivity contribution in [3.05, 3.63) is 46.8 Å². The van der Waals surface area contributed by atoms with Crippen molar-refractivity contribution in [1.82, 2.24) is 29.2 Å². The van der Waals surface area contributed by atoms with E-state index in [9.17, 15) is 35.9 Å². The number of ether oxygens (including phenoxy) is 1. The number of nitrogens with zero attached hydrogens (tertiary/aromatic N) is 5. The van der Waals surface area contributed by atoms with Crippen molar-refractivity contribution in [2.45, 2.75) is 51.1 Å². The van der Waals surface area contributed by atoms with Gasteiger partial charge in [0.1, 0.15) is 6.04 Å². The zero-order valence-electron chi connectivity index (χ0n) is 20.9. The Morgan fingerprint density at radius 1 is 1.21 bits per heavy atom. The number of rotatable bonds is 8. The molecular weight excluding hydrogens is 522 g/mol. The molecule has 0 aliphatic rings. The van der Waals surface area contributed by atoms with Crippen LogP contribution in [0.1, 0.15) is 38.3 Å². The van der Waals surface area contributed by atoms with Crippen molar-refractivity contribution in [2.24, 2.45) is 7.05 Å². The lowest BCUT2D eigenvalue weighted by molar-refractivity contribution is -0.171. The largest absolute Gasteiger partial charge is 0.478 e. The number of carbonyl (C=O) groups excluding carboxylic acids is 1. The quantitative estimate of drug-likeness (QED) is 0.420. The van der Waals surface area contributed by atoms with Gasteiger partial charge in [0.15, 0.2) is 5.65 Å². The van der Waals surface area contributed by atoms with Crippen molar-refractivity contribution in [3.8, 4) is 17.1 Å². The Morgan fingerprint density at radius 3 is 2.47 bits per heavy atom. The third-order valence-corrected chi connectivity index (χ3v) is 5.98. The van der Waals surface area contributed by atoms with Gasteiger partial charge in [-0.05, 0) is 31.9 Å². The SMILES string of the molecule is CCN(C(=O)NC(CCC(F)(F)F)C(F)(F)F)[C@H](C)c1cc(-c2cn3ccnc3c(OC)n2)c(=O)n(C)c1. The Kier molecular flexibility index (Phi) is 8.27. The summed E-state index contributed by atoms with van der Waals surface area (Å²) in [7, 11) is 2.85. The molecule has 3 rings (SSSR count). The summed E-state index contributed by atoms with van der Waals surface area (Å²) in [5, 5.41) is 1.69. The first kappa shape index (κ1) is 28.8. The minimum Gasteiger partial charge on any atom is -0.478 e. The molecule has 0 aliphatic heterocycles. The average molecular weight is 548 g/mol. The van der Waals surface area contributed by atoms with Crippen LogP contribution in [0, 0.1) is 0 Å². The monoisotopic (exact) mass is 548 g/mol. The lowest BCUT2D eigenvalue weighted by Crippen LogP contribution is -2.51. The van der Waals surface area contributed by atoms with Gasteiger partial charge in [0.05, 0.1) is 24.4 Å². The molecule has 9 nitrogen and oxygen atoms in total. The van der Waals surface area contributed by atoms with Crippen LogP contribution < -0.4 is 15.6 Å². The first-order valence-electron chi connectivity index (χ1n) is 11.5. The van der Waals surface area contributed by atoms with Crippen molar-refractivity contribution in [3.63, 3.8) is 0 Å². The molecule has 3 aromatic heterocycles. The fraction of sp³-hybridized carbons (Fsp3) is 0.478. The summed E-state index contributed by atoms with van der Waals surface area (Å²) in [6, 6.07) is -3.29. The Balaban J connectivity index is 1.94. The smallest absolute Gasteiger partial charge is 0.408 e. The summed E-state index contributed by atoms with van der Waals surface area (Å²) in [5.41, 5.74) is 0.701. The maximum atomic E-state index is 13.4. The molecule has 0 saturated carbocycles. The molecule has 208 valence electrons. The van der Waals surface area contributed by atoms with Crippen molar-refractivity contribution >= 4 is 11.7 Å². The number of alkyl halides is 6. The number of hydrogen-bond acceptors (Lipinski definition) is 5. The maximum Gasteiger partial charge on any atom is 0.408 e. The molecular formula is C23H26F6N6O3. The second-order valence-electron chi connectivity index (χ2n) is 8.56. The minimum atomic E-state index is -5.08. The molecule has 3 heterocycles. The van der Waals surface area contributed by atoms with E-state index in [1.54, 1.807) is 22.1 Å². The number of urea groups is 1. The molecule has 0 aromatic carbocycles. The van der Waals surface area contributed by atoms with Gasteiger partial charge < -0.3 is 23.9 Å². The molecule has 0 spiro atoms. The Labute approximate surface area is 213 Å². The lowest BCUT2D eigenvalue weighted by atomic mass is 10.1. The molecule has 1 unspecified atom stereocenters. The van der Waals surface area contributed by atoms with Crippen molar-refractivity contribution < 1.29 is 35.9 Å². The van der Waals surface area contributed by atoms with Crippen LogP contribution in [0.5, 0.6) is 5.88 Å². The van der Waals surface area contributed by atoms with E-state index < -0.39 is 48.9 Å². The molecule has 1 N–H and O–H groups in total. The number of pyridine rings is 1. The van der Waals surface area contributed by atoms with E-state index >= 15 is 0 Å². The first-order chi connectivity index (χ1) is 17.7. The fourth-order valence-corrected chi connectivity index (χ4v) is 3.95. The molecule has 0 fully saturated rings. The molecule has 0 saturated heterocycles. The van der Waals surface area contributed by atoms with Crippen LogP contribution >= 0.6 is 0 Å². The second-order valence-corrected chi connectivity index (χ2v) is 8.56. The van der Waals surface area contributed by atoms with Crippen LogP contribution in [0.3, 0.4) is 0 Å². The highest BCUT2D eigenvalue weighted by Gasteiger charge is 2.43. The fourth-order valence-electron chi connectivity index (χ4n) is 3.95. The Morgan fingerprint density at radius 2 is 1.89 bits per heavy atom. The van der Waals surface area contributed by atoms with E-state index in [-0.39, 0.29) is 23.7 Å². The summed E-state index contributed by atoms with van der Waals surface area (Å²) < 4.78 is 85.8. The molecule has 3 aromatic rings. The highest BCUT2D eigenvalue weighted by atomic mass is 19.4.